The van der Waals surface area contributed by atoms with Gasteiger partial charge in [0, 0.05) is 25.6 Å². The molecule has 0 radical (unpaired) electrons. The number of pyridine rings is 1. The van der Waals surface area contributed by atoms with Crippen molar-refractivity contribution in [3.05, 3.63) is 44.5 Å². The van der Waals surface area contributed by atoms with Gasteiger partial charge in [-0.1, -0.05) is 17.7 Å². The molecule has 1 atom stereocenters. The number of aliphatic carboxylic acids is 1. The van der Waals surface area contributed by atoms with Crippen molar-refractivity contribution < 1.29 is 14.8 Å². The van der Waals surface area contributed by atoms with Gasteiger partial charge >= 0.3 is 5.97 Å². The lowest BCUT2D eigenvalue weighted by atomic mass is 10.0. The number of allylic oxidation sites excluding steroid dienone is 1. The predicted octanol–water partition coefficient (Wildman–Crippen LogP) is 2.25. The fraction of sp³-hybridized carbons (Fsp3) is 0.467. The SMILES string of the molecule is Cc1ccc(Cl)nc1N1CCN2C1=C([N+](=O)[O-])CCC2CC(=O)O. The Balaban J connectivity index is 2.05. The number of aromatic nitrogens is 1. The van der Waals surface area contributed by atoms with Gasteiger partial charge in [0.15, 0.2) is 5.82 Å². The highest BCUT2D eigenvalue weighted by Crippen LogP contribution is 2.38. The van der Waals surface area contributed by atoms with E-state index in [-0.39, 0.29) is 29.5 Å². The van der Waals surface area contributed by atoms with Crippen molar-refractivity contribution in [1.82, 2.24) is 9.88 Å². The molecule has 1 N–H and O–H groups in total. The van der Waals surface area contributed by atoms with Crippen LogP contribution in [-0.2, 0) is 4.79 Å². The lowest BCUT2D eigenvalue weighted by Gasteiger charge is -2.34. The molecule has 1 aromatic heterocycles. The molecule has 0 spiro atoms. The van der Waals surface area contributed by atoms with Crippen LogP contribution in [0.5, 0.6) is 0 Å². The number of anilines is 1. The van der Waals surface area contributed by atoms with Crippen LogP contribution in [0, 0.1) is 17.0 Å². The van der Waals surface area contributed by atoms with E-state index in [9.17, 15) is 14.9 Å². The summed E-state index contributed by atoms with van der Waals surface area (Å²) in [6.45, 7) is 2.90. The summed E-state index contributed by atoms with van der Waals surface area (Å²) in [6.07, 6.45) is 0.666. The molecular formula is C15H17ClN4O4. The summed E-state index contributed by atoms with van der Waals surface area (Å²) in [5, 5.41) is 20.9. The Morgan fingerprint density at radius 2 is 2.25 bits per heavy atom. The van der Waals surface area contributed by atoms with Gasteiger partial charge in [0.25, 0.3) is 5.70 Å². The zero-order chi connectivity index (χ0) is 17.4. The Hall–Kier alpha value is -2.35. The third-order valence-corrected chi connectivity index (χ3v) is 4.64. The molecule has 8 nitrogen and oxygen atoms in total. The first-order valence-corrected chi connectivity index (χ1v) is 8.03. The van der Waals surface area contributed by atoms with Gasteiger partial charge in [-0.25, -0.2) is 4.98 Å². The number of aryl methyl sites for hydroxylation is 1. The van der Waals surface area contributed by atoms with Crippen LogP contribution < -0.4 is 4.90 Å². The monoisotopic (exact) mass is 352 g/mol. The quantitative estimate of drug-likeness (QED) is 0.504. The summed E-state index contributed by atoms with van der Waals surface area (Å²) < 4.78 is 0. The van der Waals surface area contributed by atoms with Crippen molar-refractivity contribution in [2.24, 2.45) is 0 Å². The molecule has 9 heteroatoms. The summed E-state index contributed by atoms with van der Waals surface area (Å²) >= 11 is 5.99. The van der Waals surface area contributed by atoms with Crippen LogP contribution in [-0.4, -0.2) is 45.0 Å². The number of halogens is 1. The molecule has 24 heavy (non-hydrogen) atoms. The number of carbonyl (C=O) groups is 1. The number of carboxylic acid groups (broad SMARTS) is 1. The highest BCUT2D eigenvalue weighted by molar-refractivity contribution is 6.29. The van der Waals surface area contributed by atoms with Gasteiger partial charge in [0.1, 0.15) is 11.0 Å². The summed E-state index contributed by atoms with van der Waals surface area (Å²) in [6, 6.07) is 3.24. The molecular weight excluding hydrogens is 336 g/mol. The van der Waals surface area contributed by atoms with E-state index in [0.29, 0.717) is 36.3 Å². The number of nitrogens with zero attached hydrogens (tertiary/aromatic N) is 4. The summed E-state index contributed by atoms with van der Waals surface area (Å²) in [4.78, 5) is 30.1. The Morgan fingerprint density at radius 3 is 2.92 bits per heavy atom. The third kappa shape index (κ3) is 2.89. The lowest BCUT2D eigenvalue weighted by Crippen LogP contribution is -2.40. The maximum Gasteiger partial charge on any atom is 0.305 e. The Labute approximate surface area is 143 Å². The number of carboxylic acids is 1. The minimum absolute atomic E-state index is 0.0374. The number of nitro groups is 1. The van der Waals surface area contributed by atoms with E-state index >= 15 is 0 Å². The van der Waals surface area contributed by atoms with Crippen molar-refractivity contribution in [2.45, 2.75) is 32.2 Å². The molecule has 1 unspecified atom stereocenters. The first kappa shape index (κ1) is 16.5. The highest BCUT2D eigenvalue weighted by atomic mass is 35.5. The average molecular weight is 353 g/mol. The smallest absolute Gasteiger partial charge is 0.305 e. The van der Waals surface area contributed by atoms with Crippen LogP contribution in [0.15, 0.2) is 23.7 Å². The van der Waals surface area contributed by atoms with E-state index < -0.39 is 5.97 Å². The summed E-state index contributed by atoms with van der Waals surface area (Å²) in [7, 11) is 0. The van der Waals surface area contributed by atoms with Crippen LogP contribution in [0.4, 0.5) is 5.82 Å². The van der Waals surface area contributed by atoms with Crippen molar-refractivity contribution >= 4 is 23.4 Å². The van der Waals surface area contributed by atoms with E-state index in [4.69, 9.17) is 16.7 Å². The molecule has 3 heterocycles. The van der Waals surface area contributed by atoms with Gasteiger partial charge < -0.3 is 14.9 Å². The van der Waals surface area contributed by atoms with Crippen LogP contribution in [0.2, 0.25) is 5.15 Å². The second-order valence-corrected chi connectivity index (χ2v) is 6.32. The largest absolute Gasteiger partial charge is 0.481 e. The van der Waals surface area contributed by atoms with E-state index in [1.54, 1.807) is 11.0 Å². The molecule has 2 aliphatic heterocycles. The van der Waals surface area contributed by atoms with E-state index in [2.05, 4.69) is 4.98 Å². The Bertz CT molecular complexity index is 736. The van der Waals surface area contributed by atoms with Gasteiger partial charge in [-0.05, 0) is 25.0 Å². The second kappa shape index (κ2) is 6.27. The van der Waals surface area contributed by atoms with Gasteiger partial charge in [-0.3, -0.25) is 14.9 Å². The molecule has 0 bridgehead atoms. The molecule has 2 aliphatic rings. The van der Waals surface area contributed by atoms with Crippen molar-refractivity contribution in [2.75, 3.05) is 18.0 Å². The fourth-order valence-electron chi connectivity index (χ4n) is 3.38. The van der Waals surface area contributed by atoms with E-state index in [1.165, 1.54) is 0 Å². The lowest BCUT2D eigenvalue weighted by molar-refractivity contribution is -0.431. The normalized spacial score (nSPS) is 20.3. The molecule has 3 rings (SSSR count). The Morgan fingerprint density at radius 1 is 1.50 bits per heavy atom. The topological polar surface area (TPSA) is 99.8 Å². The van der Waals surface area contributed by atoms with Crippen LogP contribution in [0.25, 0.3) is 0 Å². The molecule has 0 aromatic carbocycles. The first-order valence-electron chi connectivity index (χ1n) is 7.65. The van der Waals surface area contributed by atoms with Crippen molar-refractivity contribution in [3.8, 4) is 0 Å². The number of fused-ring (bicyclic) bond motifs is 1. The molecule has 0 saturated carbocycles. The number of rotatable bonds is 4. The van der Waals surface area contributed by atoms with E-state index in [1.807, 2.05) is 17.9 Å². The molecule has 1 aromatic rings. The zero-order valence-electron chi connectivity index (χ0n) is 13.1. The minimum atomic E-state index is -0.903. The van der Waals surface area contributed by atoms with Gasteiger partial charge in [0.2, 0.25) is 0 Å². The molecule has 128 valence electrons. The van der Waals surface area contributed by atoms with Crippen LogP contribution >= 0.6 is 11.6 Å². The van der Waals surface area contributed by atoms with Gasteiger partial charge in [0.05, 0.1) is 11.3 Å². The molecule has 0 aliphatic carbocycles. The van der Waals surface area contributed by atoms with Crippen molar-refractivity contribution in [3.63, 3.8) is 0 Å². The second-order valence-electron chi connectivity index (χ2n) is 5.94. The maximum absolute atomic E-state index is 11.5. The zero-order valence-corrected chi connectivity index (χ0v) is 13.9. The van der Waals surface area contributed by atoms with Crippen LogP contribution in [0.1, 0.15) is 24.8 Å². The van der Waals surface area contributed by atoms with Crippen LogP contribution in [0.3, 0.4) is 0 Å². The van der Waals surface area contributed by atoms with Gasteiger partial charge in [-0.2, -0.15) is 0 Å². The summed E-state index contributed by atoms with van der Waals surface area (Å²) in [5.41, 5.74) is 0.965. The highest BCUT2D eigenvalue weighted by Gasteiger charge is 2.43. The first-order chi connectivity index (χ1) is 11.4. The minimum Gasteiger partial charge on any atom is -0.481 e. The Kier molecular flexibility index (Phi) is 4.31. The molecule has 0 amide bonds. The average Bonchev–Trinajstić information content (AvgIpc) is 2.94. The number of hydrogen-bond acceptors (Lipinski definition) is 6. The summed E-state index contributed by atoms with van der Waals surface area (Å²) in [5.74, 6) is 0.130. The van der Waals surface area contributed by atoms with E-state index in [0.717, 1.165) is 5.56 Å². The molecule has 1 fully saturated rings. The fourth-order valence-corrected chi connectivity index (χ4v) is 3.53. The predicted molar refractivity (Wildman–Crippen MR) is 87.3 cm³/mol. The number of hydrogen-bond donors (Lipinski definition) is 1. The molecule has 1 saturated heterocycles. The standard InChI is InChI=1S/C15H17ClN4O4/c1-9-2-5-12(16)17-14(9)19-7-6-18-10(8-13(21)22)3-4-11(15(18)19)20(23)24/h2,5,10H,3-4,6-8H2,1H3,(H,21,22). The van der Waals surface area contributed by atoms with Crippen molar-refractivity contribution in [1.29, 1.82) is 0 Å². The van der Waals surface area contributed by atoms with Gasteiger partial charge in [-0.15, -0.1) is 0 Å². The third-order valence-electron chi connectivity index (χ3n) is 4.43. The maximum atomic E-state index is 11.5.